The number of nitrogens with zero attached hydrogens (tertiary/aromatic N) is 1. The summed E-state index contributed by atoms with van der Waals surface area (Å²) in [7, 11) is 0. The molecular formula is C3HBClF3NS-. The zero-order valence-corrected chi connectivity index (χ0v) is 6.09. The SMILES string of the molecule is F[B-](F)(F)c1cnc(Cl)s1. The second-order valence-corrected chi connectivity index (χ2v) is 3.23. The normalized spacial score (nSPS) is 12.0. The molecule has 0 bridgehead atoms. The Kier molecular flexibility index (Phi) is 1.91. The van der Waals surface area contributed by atoms with Crippen LogP contribution in [0.15, 0.2) is 6.20 Å². The van der Waals surface area contributed by atoms with E-state index in [0.29, 0.717) is 11.3 Å². The van der Waals surface area contributed by atoms with Gasteiger partial charge in [-0.05, 0) is 4.78 Å². The van der Waals surface area contributed by atoms with E-state index < -0.39 is 11.8 Å². The molecule has 1 rings (SSSR count). The van der Waals surface area contributed by atoms with Crippen LogP contribution < -0.4 is 4.78 Å². The fourth-order valence-electron chi connectivity index (χ4n) is 0.416. The summed E-state index contributed by atoms with van der Waals surface area (Å²) < 4.78 is 34.5. The molecule has 7 heteroatoms. The van der Waals surface area contributed by atoms with Crippen molar-refractivity contribution in [1.29, 1.82) is 0 Å². The molecule has 0 spiro atoms. The van der Waals surface area contributed by atoms with Gasteiger partial charge in [0.25, 0.3) is 0 Å². The Balaban J connectivity index is 2.96. The number of hydrogen-bond donors (Lipinski definition) is 0. The van der Waals surface area contributed by atoms with Crippen molar-refractivity contribution in [2.45, 2.75) is 0 Å². The lowest BCUT2D eigenvalue weighted by Crippen LogP contribution is -2.30. The first-order valence-corrected chi connectivity index (χ1v) is 3.51. The first-order valence-electron chi connectivity index (χ1n) is 2.31. The van der Waals surface area contributed by atoms with Gasteiger partial charge in [0.05, 0.1) is 0 Å². The first kappa shape index (κ1) is 7.88. The minimum atomic E-state index is -4.91. The van der Waals surface area contributed by atoms with Gasteiger partial charge in [-0.2, -0.15) is 0 Å². The fraction of sp³-hybridized carbons (Fsp3) is 0. The van der Waals surface area contributed by atoms with Crippen molar-refractivity contribution in [3.05, 3.63) is 10.7 Å². The average molecular weight is 186 g/mol. The highest BCUT2D eigenvalue weighted by Crippen LogP contribution is 2.16. The number of halogens is 4. The van der Waals surface area contributed by atoms with E-state index in [9.17, 15) is 12.9 Å². The van der Waals surface area contributed by atoms with Crippen LogP contribution in [0.5, 0.6) is 0 Å². The summed E-state index contributed by atoms with van der Waals surface area (Å²) >= 11 is 5.64. The summed E-state index contributed by atoms with van der Waals surface area (Å²) in [4.78, 5) is 3.26. The molecule has 1 aromatic rings. The fourth-order valence-corrected chi connectivity index (χ4v) is 1.27. The molecular weight excluding hydrogens is 185 g/mol. The predicted octanol–water partition coefficient (Wildman–Crippen LogP) is 1.85. The van der Waals surface area contributed by atoms with E-state index >= 15 is 0 Å². The van der Waals surface area contributed by atoms with Gasteiger partial charge in [0.15, 0.2) is 4.47 Å². The Bertz CT molecular complexity index is 234. The zero-order valence-electron chi connectivity index (χ0n) is 4.52. The minimum absolute atomic E-state index is 0.0748. The van der Waals surface area contributed by atoms with Crippen molar-refractivity contribution >= 4 is 34.7 Å². The molecule has 0 radical (unpaired) electrons. The van der Waals surface area contributed by atoms with E-state index in [1.165, 1.54) is 0 Å². The summed E-state index contributed by atoms with van der Waals surface area (Å²) in [6.45, 7) is -4.91. The first-order chi connectivity index (χ1) is 4.50. The van der Waals surface area contributed by atoms with Gasteiger partial charge >= 0.3 is 6.98 Å². The Morgan fingerprint density at radius 2 is 2.10 bits per heavy atom. The van der Waals surface area contributed by atoms with Crippen LogP contribution in [-0.4, -0.2) is 12.0 Å². The predicted molar refractivity (Wildman–Crippen MR) is 35.8 cm³/mol. The quantitative estimate of drug-likeness (QED) is 0.610. The Labute approximate surface area is 63.9 Å². The number of hydrogen-bond acceptors (Lipinski definition) is 2. The molecule has 0 atom stereocenters. The van der Waals surface area contributed by atoms with E-state index in [1.807, 2.05) is 0 Å². The van der Waals surface area contributed by atoms with Crippen LogP contribution in [-0.2, 0) is 0 Å². The minimum Gasteiger partial charge on any atom is -0.444 e. The van der Waals surface area contributed by atoms with E-state index in [2.05, 4.69) is 4.98 Å². The molecule has 10 heavy (non-hydrogen) atoms. The molecule has 0 aliphatic carbocycles. The topological polar surface area (TPSA) is 12.9 Å². The summed E-state index contributed by atoms with van der Waals surface area (Å²) in [5, 5.41) is 0. The van der Waals surface area contributed by atoms with E-state index in [-0.39, 0.29) is 4.47 Å². The Hall–Kier alpha value is -0.225. The summed E-state index contributed by atoms with van der Waals surface area (Å²) in [6.07, 6.45) is 0.743. The van der Waals surface area contributed by atoms with Crippen molar-refractivity contribution in [3.8, 4) is 0 Å². The van der Waals surface area contributed by atoms with Crippen LogP contribution >= 0.6 is 22.9 Å². The molecule has 0 N–H and O–H groups in total. The highest BCUT2D eigenvalue weighted by Gasteiger charge is 2.27. The molecule has 0 saturated heterocycles. The van der Waals surface area contributed by atoms with E-state index in [0.717, 1.165) is 6.20 Å². The zero-order chi connectivity index (χ0) is 7.78. The van der Waals surface area contributed by atoms with Gasteiger partial charge in [0.1, 0.15) is 0 Å². The van der Waals surface area contributed by atoms with Crippen LogP contribution in [0.1, 0.15) is 0 Å². The lowest BCUT2D eigenvalue weighted by molar-refractivity contribution is 0.502. The lowest BCUT2D eigenvalue weighted by Gasteiger charge is -2.08. The van der Waals surface area contributed by atoms with Crippen LogP contribution in [0.3, 0.4) is 0 Å². The third-order valence-corrected chi connectivity index (χ3v) is 2.03. The van der Waals surface area contributed by atoms with Gasteiger partial charge in [0.2, 0.25) is 0 Å². The highest BCUT2D eigenvalue weighted by atomic mass is 35.5. The molecule has 1 heterocycles. The van der Waals surface area contributed by atoms with Gasteiger partial charge in [-0.1, -0.05) is 11.6 Å². The molecule has 1 aromatic heterocycles. The average Bonchev–Trinajstić information content (AvgIpc) is 2.11. The van der Waals surface area contributed by atoms with Crippen molar-refractivity contribution in [2.24, 2.45) is 0 Å². The molecule has 0 amide bonds. The molecule has 0 aromatic carbocycles. The summed E-state index contributed by atoms with van der Waals surface area (Å²) in [6, 6.07) is 0. The van der Waals surface area contributed by atoms with E-state index in [4.69, 9.17) is 11.6 Å². The molecule has 1 nitrogen and oxygen atoms in total. The van der Waals surface area contributed by atoms with Crippen molar-refractivity contribution in [3.63, 3.8) is 0 Å². The Morgan fingerprint density at radius 3 is 2.30 bits per heavy atom. The second-order valence-electron chi connectivity index (χ2n) is 1.59. The van der Waals surface area contributed by atoms with E-state index in [1.54, 1.807) is 0 Å². The van der Waals surface area contributed by atoms with Crippen LogP contribution in [0, 0.1) is 0 Å². The van der Waals surface area contributed by atoms with Gasteiger partial charge in [-0.3, -0.25) is 0 Å². The lowest BCUT2D eigenvalue weighted by atomic mass is 9.91. The van der Waals surface area contributed by atoms with Gasteiger partial charge in [0, 0.05) is 6.20 Å². The second kappa shape index (κ2) is 2.43. The van der Waals surface area contributed by atoms with Gasteiger partial charge in [-0.15, -0.1) is 11.3 Å². The third-order valence-electron chi connectivity index (χ3n) is 0.818. The van der Waals surface area contributed by atoms with Crippen molar-refractivity contribution in [2.75, 3.05) is 0 Å². The van der Waals surface area contributed by atoms with Gasteiger partial charge < -0.3 is 12.9 Å². The van der Waals surface area contributed by atoms with Crippen molar-refractivity contribution < 1.29 is 12.9 Å². The molecule has 0 aliphatic heterocycles. The third kappa shape index (κ3) is 1.63. The summed E-state index contributed by atoms with van der Waals surface area (Å²) in [5.41, 5.74) is 0. The molecule has 0 saturated carbocycles. The molecule has 0 aliphatic rings. The number of thiazole rings is 1. The largest absolute Gasteiger partial charge is 0.521 e. The standard InChI is InChI=1S/C3HBClF3NS/c5-3-9-1-2(10-3)4(6,7)8/h1H/q-1. The smallest absolute Gasteiger partial charge is 0.444 e. The molecule has 0 unspecified atom stereocenters. The monoisotopic (exact) mass is 186 g/mol. The number of aromatic nitrogens is 1. The Morgan fingerprint density at radius 1 is 1.50 bits per heavy atom. The summed E-state index contributed by atoms with van der Waals surface area (Å²) in [5.74, 6) is 0. The maximum Gasteiger partial charge on any atom is 0.521 e. The maximum atomic E-state index is 11.8. The van der Waals surface area contributed by atoms with Gasteiger partial charge in [-0.25, -0.2) is 4.98 Å². The maximum absolute atomic E-state index is 11.8. The molecule has 0 fully saturated rings. The van der Waals surface area contributed by atoms with Crippen LogP contribution in [0.4, 0.5) is 12.9 Å². The number of rotatable bonds is 1. The highest BCUT2D eigenvalue weighted by molar-refractivity contribution is 7.26. The van der Waals surface area contributed by atoms with Crippen LogP contribution in [0.25, 0.3) is 0 Å². The molecule has 56 valence electrons. The van der Waals surface area contributed by atoms with Crippen LogP contribution in [0.2, 0.25) is 4.47 Å². The van der Waals surface area contributed by atoms with Crippen molar-refractivity contribution in [1.82, 2.24) is 4.98 Å².